The fourth-order valence-corrected chi connectivity index (χ4v) is 2.53. The van der Waals surface area contributed by atoms with Crippen LogP contribution in [0, 0.1) is 0 Å². The number of rotatable bonds is 5. The number of carbonyl (C=O) groups is 1. The molecule has 0 aliphatic heterocycles. The van der Waals surface area contributed by atoms with Crippen molar-refractivity contribution in [1.29, 1.82) is 0 Å². The van der Waals surface area contributed by atoms with Crippen LogP contribution in [-0.2, 0) is 9.53 Å². The van der Waals surface area contributed by atoms with E-state index in [-0.39, 0.29) is 11.5 Å². The zero-order valence-electron chi connectivity index (χ0n) is 11.8. The summed E-state index contributed by atoms with van der Waals surface area (Å²) < 4.78 is 4.94. The van der Waals surface area contributed by atoms with Crippen LogP contribution in [0.3, 0.4) is 0 Å². The zero-order valence-corrected chi connectivity index (χ0v) is 12.6. The Bertz CT molecular complexity index is 670. The van der Waals surface area contributed by atoms with Gasteiger partial charge in [0.2, 0.25) is 0 Å². The third-order valence-electron chi connectivity index (χ3n) is 2.70. The molecule has 2 aromatic rings. The van der Waals surface area contributed by atoms with E-state index in [1.54, 1.807) is 13.8 Å². The average molecular weight is 304 g/mol. The molecule has 6 heteroatoms. The number of nitrogens with zero attached hydrogens (tertiary/aromatic N) is 1. The van der Waals surface area contributed by atoms with Gasteiger partial charge in [-0.2, -0.15) is 0 Å². The minimum Gasteiger partial charge on any atom is -0.465 e. The van der Waals surface area contributed by atoms with Gasteiger partial charge < -0.3 is 9.72 Å². The van der Waals surface area contributed by atoms with Crippen molar-refractivity contribution < 1.29 is 9.53 Å². The van der Waals surface area contributed by atoms with Crippen LogP contribution in [0.2, 0.25) is 0 Å². The molecule has 110 valence electrons. The number of aromatic amines is 1. The second kappa shape index (κ2) is 7.08. The van der Waals surface area contributed by atoms with Gasteiger partial charge in [-0.15, -0.1) is 0 Å². The predicted molar refractivity (Wildman–Crippen MR) is 82.2 cm³/mol. The summed E-state index contributed by atoms with van der Waals surface area (Å²) in [6.07, 6.45) is 0. The maximum Gasteiger partial charge on any atom is 0.319 e. The number of thioether (sulfide) groups is 1. The number of benzene rings is 1. The molecule has 2 rings (SSSR count). The number of H-pyrrole nitrogens is 1. The van der Waals surface area contributed by atoms with Crippen molar-refractivity contribution in [2.75, 3.05) is 6.61 Å². The van der Waals surface area contributed by atoms with Crippen LogP contribution in [0.5, 0.6) is 0 Å². The summed E-state index contributed by atoms with van der Waals surface area (Å²) in [6, 6.07) is 10.9. The molecule has 1 N–H and O–H groups in total. The van der Waals surface area contributed by atoms with Crippen LogP contribution in [0.1, 0.15) is 13.8 Å². The first-order valence-corrected chi connectivity index (χ1v) is 7.48. The Hall–Kier alpha value is -2.08. The summed E-state index contributed by atoms with van der Waals surface area (Å²) >= 11 is 1.17. The third kappa shape index (κ3) is 4.19. The Morgan fingerprint density at radius 3 is 2.76 bits per heavy atom. The topological polar surface area (TPSA) is 72.0 Å². The number of hydrogen-bond acceptors (Lipinski definition) is 5. The van der Waals surface area contributed by atoms with Gasteiger partial charge in [0, 0.05) is 11.6 Å². The van der Waals surface area contributed by atoms with Crippen LogP contribution in [0.4, 0.5) is 0 Å². The first kappa shape index (κ1) is 15.3. The van der Waals surface area contributed by atoms with Crippen molar-refractivity contribution in [1.82, 2.24) is 9.97 Å². The van der Waals surface area contributed by atoms with Gasteiger partial charge in [-0.3, -0.25) is 9.59 Å². The molecule has 1 heterocycles. The van der Waals surface area contributed by atoms with Gasteiger partial charge in [0.1, 0.15) is 5.25 Å². The summed E-state index contributed by atoms with van der Waals surface area (Å²) in [5.41, 5.74) is 1.19. The van der Waals surface area contributed by atoms with Crippen LogP contribution in [0.25, 0.3) is 11.3 Å². The Morgan fingerprint density at radius 1 is 1.38 bits per heavy atom. The van der Waals surface area contributed by atoms with Crippen LogP contribution < -0.4 is 5.56 Å². The number of nitrogens with one attached hydrogen (secondary N) is 1. The molecule has 1 aromatic heterocycles. The molecular formula is C15H16N2O3S. The summed E-state index contributed by atoms with van der Waals surface area (Å²) in [6.45, 7) is 3.81. The molecule has 21 heavy (non-hydrogen) atoms. The normalized spacial score (nSPS) is 11.9. The van der Waals surface area contributed by atoms with Gasteiger partial charge in [0.15, 0.2) is 5.16 Å². The van der Waals surface area contributed by atoms with Gasteiger partial charge in [0.25, 0.3) is 5.56 Å². The molecule has 0 amide bonds. The van der Waals surface area contributed by atoms with E-state index in [4.69, 9.17) is 4.74 Å². The van der Waals surface area contributed by atoms with E-state index >= 15 is 0 Å². The highest BCUT2D eigenvalue weighted by Gasteiger charge is 2.17. The highest BCUT2D eigenvalue weighted by molar-refractivity contribution is 8.00. The summed E-state index contributed by atoms with van der Waals surface area (Å²) in [4.78, 5) is 30.4. The lowest BCUT2D eigenvalue weighted by Gasteiger charge is -2.10. The molecule has 0 aliphatic rings. The van der Waals surface area contributed by atoms with Crippen molar-refractivity contribution in [2.24, 2.45) is 0 Å². The van der Waals surface area contributed by atoms with Crippen LogP contribution in [-0.4, -0.2) is 27.8 Å². The highest BCUT2D eigenvalue weighted by Crippen LogP contribution is 2.22. The van der Waals surface area contributed by atoms with Crippen molar-refractivity contribution in [3.05, 3.63) is 46.8 Å². The lowest BCUT2D eigenvalue weighted by Crippen LogP contribution is -2.18. The monoisotopic (exact) mass is 304 g/mol. The molecular weight excluding hydrogens is 288 g/mol. The first-order valence-electron chi connectivity index (χ1n) is 6.60. The number of aromatic nitrogens is 2. The third-order valence-corrected chi connectivity index (χ3v) is 3.66. The Balaban J connectivity index is 2.24. The first-order chi connectivity index (χ1) is 10.1. The van der Waals surface area contributed by atoms with E-state index in [2.05, 4.69) is 9.97 Å². The van der Waals surface area contributed by atoms with Crippen LogP contribution >= 0.6 is 11.8 Å². The van der Waals surface area contributed by atoms with Crippen LogP contribution in [0.15, 0.2) is 46.3 Å². The molecule has 0 bridgehead atoms. The molecule has 0 saturated carbocycles. The maximum absolute atomic E-state index is 11.7. The molecule has 0 spiro atoms. The smallest absolute Gasteiger partial charge is 0.319 e. The highest BCUT2D eigenvalue weighted by atomic mass is 32.2. The van der Waals surface area contributed by atoms with Gasteiger partial charge in [0.05, 0.1) is 12.3 Å². The SMILES string of the molecule is CCOC(=O)[C@@H](C)Sc1nc(-c2ccccc2)cc(=O)[nH]1. The Morgan fingerprint density at radius 2 is 2.10 bits per heavy atom. The lowest BCUT2D eigenvalue weighted by molar-refractivity contribution is -0.142. The number of hydrogen-bond donors (Lipinski definition) is 1. The molecule has 1 aromatic carbocycles. The standard InChI is InChI=1S/C15H16N2O3S/c1-3-20-14(19)10(2)21-15-16-12(9-13(18)17-15)11-7-5-4-6-8-11/h4-10H,3H2,1-2H3,(H,16,17,18)/t10-/m1/s1. The maximum atomic E-state index is 11.7. The predicted octanol–water partition coefficient (Wildman–Crippen LogP) is 2.48. The van der Waals surface area contributed by atoms with E-state index in [0.717, 1.165) is 5.56 Å². The fourth-order valence-electron chi connectivity index (χ4n) is 1.72. The van der Waals surface area contributed by atoms with E-state index < -0.39 is 5.25 Å². The second-order valence-electron chi connectivity index (χ2n) is 4.31. The van der Waals surface area contributed by atoms with Gasteiger partial charge in [-0.05, 0) is 13.8 Å². The lowest BCUT2D eigenvalue weighted by atomic mass is 10.1. The summed E-state index contributed by atoms with van der Waals surface area (Å²) in [5.74, 6) is -0.324. The van der Waals surface area contributed by atoms with Crippen molar-refractivity contribution in [3.63, 3.8) is 0 Å². The van der Waals surface area contributed by atoms with E-state index in [0.29, 0.717) is 17.5 Å². The molecule has 0 radical (unpaired) electrons. The quantitative estimate of drug-likeness (QED) is 0.522. The van der Waals surface area contributed by atoms with E-state index in [9.17, 15) is 9.59 Å². The van der Waals surface area contributed by atoms with Gasteiger partial charge in [-0.25, -0.2) is 4.98 Å². The number of carbonyl (C=O) groups excluding carboxylic acids is 1. The van der Waals surface area contributed by atoms with E-state index in [1.807, 2.05) is 30.3 Å². The molecule has 0 saturated heterocycles. The second-order valence-corrected chi connectivity index (χ2v) is 5.64. The molecule has 0 fully saturated rings. The average Bonchev–Trinajstić information content (AvgIpc) is 2.47. The minimum absolute atomic E-state index is 0.248. The van der Waals surface area contributed by atoms with Gasteiger partial charge >= 0.3 is 5.97 Å². The van der Waals surface area contributed by atoms with Crippen molar-refractivity contribution in [3.8, 4) is 11.3 Å². The molecule has 1 atom stereocenters. The Labute approximate surface area is 126 Å². The summed E-state index contributed by atoms with van der Waals surface area (Å²) in [5, 5.41) is -0.0268. The van der Waals surface area contributed by atoms with E-state index in [1.165, 1.54) is 17.8 Å². The number of esters is 1. The largest absolute Gasteiger partial charge is 0.465 e. The molecule has 0 aliphatic carbocycles. The fraction of sp³-hybridized carbons (Fsp3) is 0.267. The summed E-state index contributed by atoms with van der Waals surface area (Å²) in [7, 11) is 0. The van der Waals surface area contributed by atoms with Crippen molar-refractivity contribution >= 4 is 17.7 Å². The van der Waals surface area contributed by atoms with Crippen molar-refractivity contribution in [2.45, 2.75) is 24.3 Å². The minimum atomic E-state index is -0.431. The molecule has 5 nitrogen and oxygen atoms in total. The van der Waals surface area contributed by atoms with Gasteiger partial charge in [-0.1, -0.05) is 42.1 Å². The molecule has 0 unspecified atom stereocenters. The number of ether oxygens (including phenoxy) is 1. The zero-order chi connectivity index (χ0) is 15.2. The Kier molecular flexibility index (Phi) is 5.16.